The van der Waals surface area contributed by atoms with Crippen molar-refractivity contribution >= 4 is 17.5 Å². The normalized spacial score (nSPS) is 13.6. The van der Waals surface area contributed by atoms with Gasteiger partial charge in [-0.05, 0) is 31.5 Å². The first kappa shape index (κ1) is 17.8. The Hall–Kier alpha value is -3.61. The zero-order chi connectivity index (χ0) is 19.8. The third kappa shape index (κ3) is 2.81. The van der Waals surface area contributed by atoms with Crippen LogP contribution in [0.2, 0.25) is 0 Å². The van der Waals surface area contributed by atoms with Crippen LogP contribution in [0.15, 0.2) is 48.7 Å². The Balaban J connectivity index is 1.69. The first-order chi connectivity index (χ1) is 13.5. The molecule has 0 bridgehead atoms. The molecule has 0 saturated heterocycles. The summed E-state index contributed by atoms with van der Waals surface area (Å²) in [5, 5.41) is 7.83. The summed E-state index contributed by atoms with van der Waals surface area (Å²) in [6.07, 6.45) is 1.50. The molecule has 1 atom stereocenters. The maximum Gasteiger partial charge on any atom is 0.360 e. The van der Waals surface area contributed by atoms with Gasteiger partial charge < -0.3 is 4.74 Å². The molecule has 1 aliphatic rings. The lowest BCUT2D eigenvalue weighted by molar-refractivity contribution is 0.0519. The molecule has 0 aliphatic heterocycles. The van der Waals surface area contributed by atoms with Crippen LogP contribution in [-0.2, 0) is 4.74 Å². The Morgan fingerprint density at radius 3 is 2.36 bits per heavy atom. The minimum absolute atomic E-state index is 0.117. The number of carbonyl (C=O) groups excluding carboxylic acids is 3. The third-order valence-corrected chi connectivity index (χ3v) is 4.82. The molecule has 0 radical (unpaired) electrons. The molecule has 0 fully saturated rings. The van der Waals surface area contributed by atoms with Crippen molar-refractivity contribution in [2.75, 3.05) is 6.61 Å². The number of ketones is 2. The van der Waals surface area contributed by atoms with E-state index in [1.165, 1.54) is 10.9 Å². The van der Waals surface area contributed by atoms with Gasteiger partial charge in [0.25, 0.3) is 0 Å². The van der Waals surface area contributed by atoms with Crippen LogP contribution in [0.25, 0.3) is 0 Å². The van der Waals surface area contributed by atoms with Crippen molar-refractivity contribution in [1.82, 2.24) is 15.0 Å². The van der Waals surface area contributed by atoms with E-state index in [-0.39, 0.29) is 29.9 Å². The first-order valence-electron chi connectivity index (χ1n) is 8.92. The molecule has 1 unspecified atom stereocenters. The largest absolute Gasteiger partial charge is 0.461 e. The fraction of sp³-hybridized carbons (Fsp3) is 0.190. The monoisotopic (exact) mass is 375 g/mol. The Bertz CT molecular complexity index is 1120. The summed E-state index contributed by atoms with van der Waals surface area (Å²) in [6, 6.07) is 11.7. The Kier molecular flexibility index (Phi) is 4.35. The number of rotatable bonds is 4. The van der Waals surface area contributed by atoms with Gasteiger partial charge in [-0.3, -0.25) is 9.59 Å². The average molecular weight is 375 g/mol. The lowest BCUT2D eigenvalue weighted by atomic mass is 9.83. The molecule has 140 valence electrons. The molecule has 0 spiro atoms. The molecule has 3 aromatic rings. The van der Waals surface area contributed by atoms with E-state index in [0.29, 0.717) is 22.3 Å². The molecule has 0 amide bonds. The fourth-order valence-corrected chi connectivity index (χ4v) is 3.29. The van der Waals surface area contributed by atoms with Gasteiger partial charge in [0.05, 0.1) is 18.8 Å². The van der Waals surface area contributed by atoms with Gasteiger partial charge in [-0.25, -0.2) is 9.48 Å². The van der Waals surface area contributed by atoms with Crippen LogP contribution < -0.4 is 0 Å². The maximum atomic E-state index is 12.9. The Morgan fingerprint density at radius 2 is 1.68 bits per heavy atom. The number of nitrogens with zero attached hydrogens (tertiary/aromatic N) is 3. The van der Waals surface area contributed by atoms with E-state index < -0.39 is 5.97 Å². The van der Waals surface area contributed by atoms with Crippen LogP contribution in [0.3, 0.4) is 0 Å². The second-order valence-corrected chi connectivity index (χ2v) is 6.49. The van der Waals surface area contributed by atoms with E-state index in [1.807, 2.05) is 6.92 Å². The molecule has 28 heavy (non-hydrogen) atoms. The molecule has 4 rings (SSSR count). The second-order valence-electron chi connectivity index (χ2n) is 6.49. The number of aromatic nitrogens is 3. The van der Waals surface area contributed by atoms with Crippen LogP contribution >= 0.6 is 0 Å². The summed E-state index contributed by atoms with van der Waals surface area (Å²) in [4.78, 5) is 37.4. The van der Waals surface area contributed by atoms with Gasteiger partial charge in [-0.1, -0.05) is 35.5 Å². The first-order valence-corrected chi connectivity index (χ1v) is 8.92. The van der Waals surface area contributed by atoms with Crippen molar-refractivity contribution in [3.63, 3.8) is 0 Å². The summed E-state index contributed by atoms with van der Waals surface area (Å²) in [5.74, 6) is -0.872. The quantitative estimate of drug-likeness (QED) is 0.510. The van der Waals surface area contributed by atoms with Crippen molar-refractivity contribution in [1.29, 1.82) is 0 Å². The number of benzene rings is 2. The van der Waals surface area contributed by atoms with E-state index in [4.69, 9.17) is 4.74 Å². The molecule has 0 saturated carbocycles. The second kappa shape index (κ2) is 6.84. The van der Waals surface area contributed by atoms with Crippen molar-refractivity contribution in [3.8, 4) is 0 Å². The molecular formula is C21H17N3O4. The molecular weight excluding hydrogens is 358 g/mol. The van der Waals surface area contributed by atoms with Crippen molar-refractivity contribution < 1.29 is 19.1 Å². The lowest BCUT2D eigenvalue weighted by Crippen LogP contribution is -2.21. The summed E-state index contributed by atoms with van der Waals surface area (Å²) in [6.45, 7) is 3.84. The van der Waals surface area contributed by atoms with Gasteiger partial charge in [0, 0.05) is 22.3 Å². The predicted molar refractivity (Wildman–Crippen MR) is 99.5 cm³/mol. The fourth-order valence-electron chi connectivity index (χ4n) is 3.29. The standard InChI is InChI=1S/C21H17N3O4/c1-3-28-21(27)18-11-24(23-22-18)12(2)13-8-9-16-17(10-13)20(26)15-7-5-4-6-14(15)19(16)25/h4-12H,3H2,1-2H3. The highest BCUT2D eigenvalue weighted by Crippen LogP contribution is 2.30. The predicted octanol–water partition coefficient (Wildman–Crippen LogP) is 2.84. The van der Waals surface area contributed by atoms with Crippen molar-refractivity contribution in [2.45, 2.75) is 19.9 Å². The molecule has 1 aromatic heterocycles. The summed E-state index contributed by atoms with van der Waals surface area (Å²) < 4.78 is 6.45. The molecule has 7 nitrogen and oxygen atoms in total. The Morgan fingerprint density at radius 1 is 1.04 bits per heavy atom. The minimum Gasteiger partial charge on any atom is -0.461 e. The number of esters is 1. The summed E-state index contributed by atoms with van der Waals surface area (Å²) in [5.41, 5.74) is 2.50. The average Bonchev–Trinajstić information content (AvgIpc) is 3.22. The van der Waals surface area contributed by atoms with E-state index in [0.717, 1.165) is 5.56 Å². The number of hydrogen-bond acceptors (Lipinski definition) is 6. The van der Waals surface area contributed by atoms with Gasteiger partial charge >= 0.3 is 5.97 Å². The van der Waals surface area contributed by atoms with Crippen LogP contribution in [0.1, 0.15) is 67.8 Å². The third-order valence-electron chi connectivity index (χ3n) is 4.82. The number of carbonyl (C=O) groups is 3. The molecule has 2 aromatic carbocycles. The topological polar surface area (TPSA) is 91.2 Å². The van der Waals surface area contributed by atoms with E-state index >= 15 is 0 Å². The van der Waals surface area contributed by atoms with E-state index in [2.05, 4.69) is 10.3 Å². The number of fused-ring (bicyclic) bond motifs is 2. The molecule has 1 heterocycles. The zero-order valence-electron chi connectivity index (χ0n) is 15.4. The number of ether oxygens (including phenoxy) is 1. The van der Waals surface area contributed by atoms with Gasteiger partial charge in [0.2, 0.25) is 0 Å². The van der Waals surface area contributed by atoms with Crippen LogP contribution in [0.5, 0.6) is 0 Å². The smallest absolute Gasteiger partial charge is 0.360 e. The van der Waals surface area contributed by atoms with Crippen molar-refractivity contribution in [3.05, 3.63) is 82.2 Å². The van der Waals surface area contributed by atoms with Gasteiger partial charge in [0.15, 0.2) is 17.3 Å². The maximum absolute atomic E-state index is 12.9. The summed E-state index contributed by atoms with van der Waals surface area (Å²) >= 11 is 0. The van der Waals surface area contributed by atoms with Crippen molar-refractivity contribution in [2.24, 2.45) is 0 Å². The van der Waals surface area contributed by atoms with Crippen LogP contribution in [0.4, 0.5) is 0 Å². The molecule has 1 aliphatic carbocycles. The van der Waals surface area contributed by atoms with Crippen LogP contribution in [0, 0.1) is 0 Å². The molecule has 7 heteroatoms. The minimum atomic E-state index is -0.538. The summed E-state index contributed by atoms with van der Waals surface area (Å²) in [7, 11) is 0. The van der Waals surface area contributed by atoms with Gasteiger partial charge in [-0.15, -0.1) is 5.10 Å². The van der Waals surface area contributed by atoms with Gasteiger partial charge in [-0.2, -0.15) is 0 Å². The zero-order valence-corrected chi connectivity index (χ0v) is 15.4. The number of hydrogen-bond donors (Lipinski definition) is 0. The Labute approximate surface area is 160 Å². The molecule has 0 N–H and O–H groups in total. The van der Waals surface area contributed by atoms with Crippen LogP contribution in [-0.4, -0.2) is 39.1 Å². The highest BCUT2D eigenvalue weighted by molar-refractivity contribution is 6.28. The highest BCUT2D eigenvalue weighted by atomic mass is 16.5. The lowest BCUT2D eigenvalue weighted by Gasteiger charge is -2.19. The SMILES string of the molecule is CCOC(=O)c1cn(C(C)c2ccc3c(c2)C(=O)c2ccccc2C3=O)nn1. The van der Waals surface area contributed by atoms with E-state index in [1.54, 1.807) is 49.4 Å². The highest BCUT2D eigenvalue weighted by Gasteiger charge is 2.30. The van der Waals surface area contributed by atoms with E-state index in [9.17, 15) is 14.4 Å². The van der Waals surface area contributed by atoms with Gasteiger partial charge in [0.1, 0.15) is 0 Å².